The molecule has 3 heterocycles. The van der Waals surface area contributed by atoms with Crippen LogP contribution in [-0.2, 0) is 6.54 Å². The lowest BCUT2D eigenvalue weighted by Gasteiger charge is -2.07. The van der Waals surface area contributed by atoms with E-state index in [9.17, 15) is 0 Å². The number of furan rings is 1. The van der Waals surface area contributed by atoms with Crippen LogP contribution in [0.4, 0.5) is 11.8 Å². The van der Waals surface area contributed by atoms with E-state index in [2.05, 4.69) is 20.6 Å². The van der Waals surface area contributed by atoms with Gasteiger partial charge in [0.25, 0.3) is 0 Å². The molecule has 0 aromatic carbocycles. The molecule has 3 aromatic rings. The fourth-order valence-electron chi connectivity index (χ4n) is 1.68. The zero-order valence-corrected chi connectivity index (χ0v) is 10.6. The molecule has 0 unspecified atom stereocenters. The minimum atomic E-state index is 0.625. The van der Waals surface area contributed by atoms with Crippen molar-refractivity contribution in [2.45, 2.75) is 6.54 Å². The maximum absolute atomic E-state index is 5.04. The number of anilines is 2. The van der Waals surface area contributed by atoms with Crippen molar-refractivity contribution in [3.63, 3.8) is 0 Å². The summed E-state index contributed by atoms with van der Waals surface area (Å²) in [6.07, 6.45) is 3.38. The van der Waals surface area contributed by atoms with Gasteiger partial charge in [-0.2, -0.15) is 4.98 Å². The van der Waals surface area contributed by atoms with Crippen molar-refractivity contribution in [2.75, 3.05) is 17.7 Å². The molecule has 0 saturated carbocycles. The summed E-state index contributed by atoms with van der Waals surface area (Å²) in [5.41, 5.74) is 1.09. The third-order valence-electron chi connectivity index (χ3n) is 2.59. The Bertz CT molecular complexity index is 647. The SMILES string of the molecule is CNc1nc(NCc2ccoc2)c2ccsc2n1. The highest BCUT2D eigenvalue weighted by Crippen LogP contribution is 2.26. The Morgan fingerprint density at radius 3 is 3.06 bits per heavy atom. The van der Waals surface area contributed by atoms with E-state index in [0.29, 0.717) is 12.5 Å². The minimum Gasteiger partial charge on any atom is -0.472 e. The Morgan fingerprint density at radius 1 is 1.33 bits per heavy atom. The Balaban J connectivity index is 1.92. The van der Waals surface area contributed by atoms with E-state index in [0.717, 1.165) is 21.6 Å². The summed E-state index contributed by atoms with van der Waals surface area (Å²) in [6.45, 7) is 0.682. The molecule has 2 N–H and O–H groups in total. The van der Waals surface area contributed by atoms with Crippen molar-refractivity contribution in [1.82, 2.24) is 9.97 Å². The van der Waals surface area contributed by atoms with E-state index < -0.39 is 0 Å². The van der Waals surface area contributed by atoms with Gasteiger partial charge in [-0.15, -0.1) is 11.3 Å². The molecule has 0 atom stereocenters. The fraction of sp³-hybridized carbons (Fsp3) is 0.167. The second-order valence-corrected chi connectivity index (χ2v) is 4.66. The topological polar surface area (TPSA) is 63.0 Å². The Labute approximate surface area is 108 Å². The van der Waals surface area contributed by atoms with Crippen LogP contribution in [0.25, 0.3) is 10.2 Å². The lowest BCUT2D eigenvalue weighted by Crippen LogP contribution is -2.04. The molecule has 6 heteroatoms. The molecule has 0 fully saturated rings. The van der Waals surface area contributed by atoms with Crippen LogP contribution in [0.1, 0.15) is 5.56 Å². The predicted molar refractivity (Wildman–Crippen MR) is 73.0 cm³/mol. The standard InChI is InChI=1S/C12H12N4OS/c1-13-12-15-10(9-3-5-18-11(9)16-12)14-6-8-2-4-17-7-8/h2-5,7H,6H2,1H3,(H2,13,14,15,16). The second-order valence-electron chi connectivity index (χ2n) is 3.77. The maximum Gasteiger partial charge on any atom is 0.225 e. The van der Waals surface area contributed by atoms with Gasteiger partial charge in [-0.25, -0.2) is 4.98 Å². The summed E-state index contributed by atoms with van der Waals surface area (Å²) >= 11 is 1.60. The smallest absolute Gasteiger partial charge is 0.225 e. The highest BCUT2D eigenvalue weighted by molar-refractivity contribution is 7.16. The molecule has 0 amide bonds. The molecule has 92 valence electrons. The number of thiophene rings is 1. The van der Waals surface area contributed by atoms with E-state index in [4.69, 9.17) is 4.42 Å². The van der Waals surface area contributed by atoms with Crippen LogP contribution >= 0.6 is 11.3 Å². The molecule has 18 heavy (non-hydrogen) atoms. The van der Waals surface area contributed by atoms with Gasteiger partial charge in [-0.1, -0.05) is 0 Å². The quantitative estimate of drug-likeness (QED) is 0.755. The van der Waals surface area contributed by atoms with Gasteiger partial charge < -0.3 is 15.1 Å². The average molecular weight is 260 g/mol. The molecule has 0 aliphatic heterocycles. The average Bonchev–Trinajstić information content (AvgIpc) is 3.06. The molecule has 0 radical (unpaired) electrons. The monoisotopic (exact) mass is 260 g/mol. The van der Waals surface area contributed by atoms with Crippen LogP contribution in [0, 0.1) is 0 Å². The molecule has 5 nitrogen and oxygen atoms in total. The molecular formula is C12H12N4OS. The van der Waals surface area contributed by atoms with Gasteiger partial charge in [-0.3, -0.25) is 0 Å². The molecular weight excluding hydrogens is 248 g/mol. The Hall–Kier alpha value is -2.08. The van der Waals surface area contributed by atoms with Crippen molar-refractivity contribution < 1.29 is 4.42 Å². The Morgan fingerprint density at radius 2 is 2.28 bits per heavy atom. The summed E-state index contributed by atoms with van der Waals surface area (Å²) in [7, 11) is 1.81. The van der Waals surface area contributed by atoms with Gasteiger partial charge in [0, 0.05) is 19.2 Å². The maximum atomic E-state index is 5.04. The summed E-state index contributed by atoms with van der Waals surface area (Å²) in [5, 5.41) is 9.33. The number of aromatic nitrogens is 2. The largest absolute Gasteiger partial charge is 0.472 e. The van der Waals surface area contributed by atoms with Gasteiger partial charge in [0.15, 0.2) is 0 Å². The van der Waals surface area contributed by atoms with Gasteiger partial charge in [-0.05, 0) is 17.5 Å². The zero-order valence-electron chi connectivity index (χ0n) is 9.80. The number of hydrogen-bond donors (Lipinski definition) is 2. The number of nitrogens with zero attached hydrogens (tertiary/aromatic N) is 2. The predicted octanol–water partition coefficient (Wildman–Crippen LogP) is 2.94. The lowest BCUT2D eigenvalue weighted by molar-refractivity contribution is 0.564. The van der Waals surface area contributed by atoms with Crippen LogP contribution in [0.5, 0.6) is 0 Å². The molecule has 0 aliphatic carbocycles. The normalized spacial score (nSPS) is 10.7. The van der Waals surface area contributed by atoms with E-state index in [1.54, 1.807) is 23.9 Å². The molecule has 0 saturated heterocycles. The van der Waals surface area contributed by atoms with E-state index in [1.165, 1.54) is 0 Å². The highest BCUT2D eigenvalue weighted by Gasteiger charge is 2.08. The van der Waals surface area contributed by atoms with Crippen molar-refractivity contribution in [1.29, 1.82) is 0 Å². The first-order valence-electron chi connectivity index (χ1n) is 5.55. The number of hydrogen-bond acceptors (Lipinski definition) is 6. The third kappa shape index (κ3) is 2.02. The summed E-state index contributed by atoms with van der Waals surface area (Å²) in [6, 6.07) is 3.95. The van der Waals surface area contributed by atoms with Crippen LogP contribution in [0.3, 0.4) is 0 Å². The van der Waals surface area contributed by atoms with Gasteiger partial charge in [0.2, 0.25) is 5.95 Å². The van der Waals surface area contributed by atoms with Gasteiger partial charge in [0.05, 0.1) is 17.9 Å². The van der Waals surface area contributed by atoms with Crippen molar-refractivity contribution in [3.8, 4) is 0 Å². The minimum absolute atomic E-state index is 0.625. The van der Waals surface area contributed by atoms with Gasteiger partial charge >= 0.3 is 0 Å². The van der Waals surface area contributed by atoms with Crippen LogP contribution < -0.4 is 10.6 Å². The van der Waals surface area contributed by atoms with Crippen molar-refractivity contribution >= 4 is 33.3 Å². The van der Waals surface area contributed by atoms with E-state index >= 15 is 0 Å². The number of rotatable bonds is 4. The molecule has 0 bridgehead atoms. The summed E-state index contributed by atoms with van der Waals surface area (Å²) < 4.78 is 5.04. The first-order valence-corrected chi connectivity index (χ1v) is 6.43. The Kier molecular flexibility index (Phi) is 2.85. The first kappa shape index (κ1) is 11.0. The summed E-state index contributed by atoms with van der Waals surface area (Å²) in [4.78, 5) is 9.81. The highest BCUT2D eigenvalue weighted by atomic mass is 32.1. The van der Waals surface area contributed by atoms with Crippen LogP contribution in [-0.4, -0.2) is 17.0 Å². The van der Waals surface area contributed by atoms with E-state index in [-0.39, 0.29) is 0 Å². The number of nitrogens with one attached hydrogen (secondary N) is 2. The molecule has 0 aliphatic rings. The van der Waals surface area contributed by atoms with E-state index in [1.807, 2.05) is 24.6 Å². The van der Waals surface area contributed by atoms with Crippen LogP contribution in [0.2, 0.25) is 0 Å². The first-order chi connectivity index (χ1) is 8.86. The third-order valence-corrected chi connectivity index (χ3v) is 3.40. The molecule has 0 spiro atoms. The number of fused-ring (bicyclic) bond motifs is 1. The fourth-order valence-corrected chi connectivity index (χ4v) is 2.44. The van der Waals surface area contributed by atoms with Crippen molar-refractivity contribution in [2.24, 2.45) is 0 Å². The molecule has 3 aromatic heterocycles. The zero-order chi connectivity index (χ0) is 12.4. The van der Waals surface area contributed by atoms with Crippen molar-refractivity contribution in [3.05, 3.63) is 35.6 Å². The summed E-state index contributed by atoms with van der Waals surface area (Å²) in [5.74, 6) is 1.46. The van der Waals surface area contributed by atoms with Gasteiger partial charge in [0.1, 0.15) is 10.6 Å². The van der Waals surface area contributed by atoms with Crippen LogP contribution in [0.15, 0.2) is 34.5 Å². The lowest BCUT2D eigenvalue weighted by atomic mass is 10.3. The second kappa shape index (κ2) is 4.66. The molecule has 3 rings (SSSR count).